The van der Waals surface area contributed by atoms with Crippen molar-refractivity contribution < 1.29 is 8.42 Å². The number of hydrogen-bond acceptors (Lipinski definition) is 4. The molecule has 1 saturated heterocycles. The molecular weight excluding hydrogens is 288 g/mol. The Balaban J connectivity index is 0.00000180. The van der Waals surface area contributed by atoms with Gasteiger partial charge in [0.2, 0.25) is 10.0 Å². The molecule has 0 radical (unpaired) electrons. The monoisotopic (exact) mass is 308 g/mol. The second kappa shape index (κ2) is 6.21. The highest BCUT2D eigenvalue weighted by atomic mass is 35.5. The lowest BCUT2D eigenvalue weighted by molar-refractivity contribution is 0.232. The number of rotatable bonds is 4. The van der Waals surface area contributed by atoms with Gasteiger partial charge in [0, 0.05) is 6.54 Å². The van der Waals surface area contributed by atoms with E-state index in [-0.39, 0.29) is 22.7 Å². The lowest BCUT2D eigenvalue weighted by Crippen LogP contribution is -2.42. The number of hydrogen-bond donors (Lipinski definition) is 3. The van der Waals surface area contributed by atoms with E-state index in [0.29, 0.717) is 12.2 Å². The van der Waals surface area contributed by atoms with E-state index in [1.807, 2.05) is 0 Å². The highest BCUT2D eigenvalue weighted by molar-refractivity contribution is 7.89. The van der Waals surface area contributed by atoms with Crippen molar-refractivity contribution in [2.45, 2.75) is 31.6 Å². The summed E-state index contributed by atoms with van der Waals surface area (Å²) in [5.41, 5.74) is 0.605. The van der Waals surface area contributed by atoms with E-state index in [1.54, 1.807) is 6.92 Å². The number of piperidine rings is 1. The first kappa shape index (κ1) is 16.4. The number of nitrogens with one attached hydrogen (secondary N) is 3. The molecule has 1 aromatic rings. The minimum atomic E-state index is -3.45. The molecule has 0 aliphatic carbocycles. The third-order valence-corrected chi connectivity index (χ3v) is 5.09. The van der Waals surface area contributed by atoms with E-state index in [1.165, 1.54) is 6.20 Å². The normalized spacial score (nSPS) is 18.8. The molecule has 0 atom stereocenters. The highest BCUT2D eigenvalue weighted by Crippen LogP contribution is 2.27. The van der Waals surface area contributed by atoms with Gasteiger partial charge in [-0.3, -0.25) is 5.10 Å². The molecule has 1 aromatic heterocycles. The van der Waals surface area contributed by atoms with Crippen LogP contribution in [0.5, 0.6) is 0 Å². The summed E-state index contributed by atoms with van der Waals surface area (Å²) in [4.78, 5) is 0.236. The Bertz CT molecular complexity index is 509. The van der Waals surface area contributed by atoms with Crippen molar-refractivity contribution >= 4 is 22.4 Å². The number of sulfonamides is 1. The van der Waals surface area contributed by atoms with Gasteiger partial charge in [0.15, 0.2) is 0 Å². The van der Waals surface area contributed by atoms with Gasteiger partial charge in [-0.25, -0.2) is 13.1 Å². The number of H-pyrrole nitrogens is 1. The van der Waals surface area contributed by atoms with Crippen LogP contribution in [0, 0.1) is 12.3 Å². The number of aromatic nitrogens is 2. The van der Waals surface area contributed by atoms with E-state index < -0.39 is 10.0 Å². The van der Waals surface area contributed by atoms with Crippen LogP contribution in [0.15, 0.2) is 11.1 Å². The Morgan fingerprint density at radius 1 is 1.42 bits per heavy atom. The Labute approximate surface area is 120 Å². The van der Waals surface area contributed by atoms with Gasteiger partial charge < -0.3 is 5.32 Å². The summed E-state index contributed by atoms with van der Waals surface area (Å²) < 4.78 is 26.9. The van der Waals surface area contributed by atoms with Crippen molar-refractivity contribution in [2.75, 3.05) is 19.6 Å². The number of aromatic amines is 1. The smallest absolute Gasteiger partial charge is 0.243 e. The first-order valence-electron chi connectivity index (χ1n) is 6.13. The zero-order valence-corrected chi connectivity index (χ0v) is 12.8. The lowest BCUT2D eigenvalue weighted by atomic mass is 9.81. The van der Waals surface area contributed by atoms with Crippen LogP contribution in [0.2, 0.25) is 0 Å². The highest BCUT2D eigenvalue weighted by Gasteiger charge is 2.29. The van der Waals surface area contributed by atoms with Gasteiger partial charge in [0.05, 0.1) is 11.9 Å². The Hall–Kier alpha value is -0.630. The summed E-state index contributed by atoms with van der Waals surface area (Å²) >= 11 is 0. The van der Waals surface area contributed by atoms with Crippen LogP contribution in [0.4, 0.5) is 0 Å². The van der Waals surface area contributed by atoms with Crippen molar-refractivity contribution in [1.29, 1.82) is 0 Å². The summed E-state index contributed by atoms with van der Waals surface area (Å²) in [6, 6.07) is 0. The number of nitrogens with zero attached hydrogens (tertiary/aromatic N) is 1. The van der Waals surface area contributed by atoms with Gasteiger partial charge in [-0.15, -0.1) is 12.4 Å². The van der Waals surface area contributed by atoms with E-state index in [9.17, 15) is 8.42 Å². The maximum atomic E-state index is 12.1. The fourth-order valence-corrected chi connectivity index (χ4v) is 3.50. The van der Waals surface area contributed by atoms with Crippen LogP contribution in [-0.2, 0) is 10.0 Å². The Morgan fingerprint density at radius 3 is 2.58 bits per heavy atom. The molecule has 0 saturated carbocycles. The van der Waals surface area contributed by atoms with Crippen LogP contribution in [0.25, 0.3) is 0 Å². The van der Waals surface area contributed by atoms with Crippen molar-refractivity contribution in [1.82, 2.24) is 20.2 Å². The van der Waals surface area contributed by atoms with Crippen LogP contribution < -0.4 is 10.0 Å². The molecule has 0 amide bonds. The second-order valence-corrected chi connectivity index (χ2v) is 6.98. The number of halogens is 1. The van der Waals surface area contributed by atoms with Gasteiger partial charge in [0.1, 0.15) is 4.90 Å². The average Bonchev–Trinajstić information content (AvgIpc) is 2.75. The molecule has 1 fully saturated rings. The average molecular weight is 309 g/mol. The van der Waals surface area contributed by atoms with Crippen molar-refractivity contribution in [3.8, 4) is 0 Å². The quantitative estimate of drug-likeness (QED) is 0.768. The van der Waals surface area contributed by atoms with Gasteiger partial charge in [-0.1, -0.05) is 6.92 Å². The molecule has 110 valence electrons. The molecule has 1 aliphatic rings. The first-order chi connectivity index (χ1) is 8.43. The molecule has 0 unspecified atom stereocenters. The Kier molecular flexibility index (Phi) is 5.37. The minimum Gasteiger partial charge on any atom is -0.317 e. The SMILES string of the molecule is Cc1[nH]ncc1S(=O)(=O)NCC1(C)CCNCC1.Cl. The van der Waals surface area contributed by atoms with Gasteiger partial charge in [-0.05, 0) is 38.3 Å². The van der Waals surface area contributed by atoms with Crippen molar-refractivity contribution in [3.63, 3.8) is 0 Å². The molecule has 8 heteroatoms. The Morgan fingerprint density at radius 2 is 2.05 bits per heavy atom. The first-order valence-corrected chi connectivity index (χ1v) is 7.62. The molecule has 6 nitrogen and oxygen atoms in total. The largest absolute Gasteiger partial charge is 0.317 e. The van der Waals surface area contributed by atoms with E-state index in [2.05, 4.69) is 27.2 Å². The third kappa shape index (κ3) is 3.92. The molecule has 0 spiro atoms. The summed E-state index contributed by atoms with van der Waals surface area (Å²) in [7, 11) is -3.45. The molecule has 2 rings (SSSR count). The van der Waals surface area contributed by atoms with E-state index in [0.717, 1.165) is 25.9 Å². The zero-order chi connectivity index (χ0) is 13.2. The molecule has 19 heavy (non-hydrogen) atoms. The van der Waals surface area contributed by atoms with Crippen LogP contribution in [0.3, 0.4) is 0 Å². The summed E-state index contributed by atoms with van der Waals surface area (Å²) in [5.74, 6) is 0. The third-order valence-electron chi connectivity index (χ3n) is 3.57. The zero-order valence-electron chi connectivity index (χ0n) is 11.2. The van der Waals surface area contributed by atoms with Crippen molar-refractivity contribution in [3.05, 3.63) is 11.9 Å². The molecule has 2 heterocycles. The minimum absolute atomic E-state index is 0. The predicted octanol–water partition coefficient (Wildman–Crippen LogP) is 0.808. The number of aryl methyl sites for hydroxylation is 1. The maximum Gasteiger partial charge on any atom is 0.243 e. The molecule has 0 bridgehead atoms. The van der Waals surface area contributed by atoms with Gasteiger partial charge >= 0.3 is 0 Å². The van der Waals surface area contributed by atoms with Gasteiger partial charge in [-0.2, -0.15) is 5.10 Å². The van der Waals surface area contributed by atoms with Gasteiger partial charge in [0.25, 0.3) is 0 Å². The second-order valence-electron chi connectivity index (χ2n) is 5.24. The van der Waals surface area contributed by atoms with Crippen LogP contribution >= 0.6 is 12.4 Å². The van der Waals surface area contributed by atoms with E-state index in [4.69, 9.17) is 0 Å². The molecule has 3 N–H and O–H groups in total. The van der Waals surface area contributed by atoms with Crippen molar-refractivity contribution in [2.24, 2.45) is 5.41 Å². The predicted molar refractivity (Wildman–Crippen MR) is 76.0 cm³/mol. The van der Waals surface area contributed by atoms with Crippen LogP contribution in [0.1, 0.15) is 25.5 Å². The molecule has 1 aliphatic heterocycles. The lowest BCUT2D eigenvalue weighted by Gasteiger charge is -2.34. The summed E-state index contributed by atoms with van der Waals surface area (Å²) in [6.07, 6.45) is 3.32. The van der Waals surface area contributed by atoms with E-state index >= 15 is 0 Å². The fourth-order valence-electron chi connectivity index (χ4n) is 2.16. The maximum absolute atomic E-state index is 12.1. The topological polar surface area (TPSA) is 86.9 Å². The van der Waals surface area contributed by atoms with Crippen LogP contribution in [-0.4, -0.2) is 38.2 Å². The molecular formula is C11H21ClN4O2S. The standard InChI is InChI=1S/C11H20N4O2S.ClH/c1-9-10(7-13-15-9)18(16,17)14-8-11(2)3-5-12-6-4-11;/h7,12,14H,3-6,8H2,1-2H3,(H,13,15);1H. The summed E-state index contributed by atoms with van der Waals surface area (Å²) in [5, 5.41) is 9.67. The molecule has 0 aromatic carbocycles. The fraction of sp³-hybridized carbons (Fsp3) is 0.727. The summed E-state index contributed by atoms with van der Waals surface area (Å²) in [6.45, 7) is 6.19.